The number of pyridine rings is 1. The quantitative estimate of drug-likeness (QED) is 0.457. The Morgan fingerprint density at radius 1 is 0.938 bits per heavy atom. The van der Waals surface area contributed by atoms with Crippen LogP contribution in [0.25, 0.3) is 22.0 Å². The summed E-state index contributed by atoms with van der Waals surface area (Å²) >= 11 is 0. The van der Waals surface area contributed by atoms with E-state index >= 15 is 0 Å². The second kappa shape index (κ2) is 8.12. The lowest BCUT2D eigenvalue weighted by molar-refractivity contribution is 0.0530. The molecule has 0 saturated heterocycles. The van der Waals surface area contributed by atoms with Gasteiger partial charge in [-0.3, -0.25) is 9.71 Å². The van der Waals surface area contributed by atoms with Crippen molar-refractivity contribution in [2.24, 2.45) is 0 Å². The first-order chi connectivity index (χ1) is 15.1. The second-order valence-corrected chi connectivity index (χ2v) is 9.91. The van der Waals surface area contributed by atoms with Crippen molar-refractivity contribution in [3.63, 3.8) is 0 Å². The Morgan fingerprint density at radius 3 is 2.22 bits per heavy atom. The minimum atomic E-state index is -4.08. The summed E-state index contributed by atoms with van der Waals surface area (Å²) in [4.78, 5) is 16.9. The van der Waals surface area contributed by atoms with Crippen molar-refractivity contribution < 1.29 is 17.9 Å². The first-order valence-electron chi connectivity index (χ1n) is 10.0. The number of carbonyl (C=O) groups excluding carboxylic acids is 1. The molecule has 7 nitrogen and oxygen atoms in total. The van der Waals surface area contributed by atoms with Gasteiger partial charge in [-0.2, -0.15) is 8.42 Å². The maximum atomic E-state index is 13.3. The van der Waals surface area contributed by atoms with E-state index in [2.05, 4.69) is 9.71 Å². The number of carbonyl (C=O) groups is 1. The Morgan fingerprint density at radius 2 is 1.56 bits per heavy atom. The smallest absolute Gasteiger partial charge is 0.420 e. The van der Waals surface area contributed by atoms with E-state index in [1.807, 2.05) is 24.3 Å². The van der Waals surface area contributed by atoms with Gasteiger partial charge in [-0.15, -0.1) is 0 Å². The number of para-hydroxylation sites is 1. The lowest BCUT2D eigenvalue weighted by Crippen LogP contribution is -2.29. The number of aromatic nitrogens is 2. The van der Waals surface area contributed by atoms with Gasteiger partial charge in [-0.25, -0.2) is 9.36 Å². The average molecular weight is 450 g/mol. The fourth-order valence-electron chi connectivity index (χ4n) is 3.31. The minimum Gasteiger partial charge on any atom is -0.443 e. The fourth-order valence-corrected chi connectivity index (χ4v) is 4.55. The highest BCUT2D eigenvalue weighted by atomic mass is 32.2. The Balaban J connectivity index is 1.70. The first-order valence-corrected chi connectivity index (χ1v) is 11.5. The van der Waals surface area contributed by atoms with Crippen LogP contribution in [0, 0.1) is 0 Å². The molecule has 0 unspecified atom stereocenters. The van der Waals surface area contributed by atoms with Crippen LogP contribution in [0.1, 0.15) is 20.8 Å². The van der Waals surface area contributed by atoms with Crippen molar-refractivity contribution in [3.05, 3.63) is 79.1 Å². The highest BCUT2D eigenvalue weighted by Crippen LogP contribution is 2.27. The van der Waals surface area contributed by atoms with Crippen molar-refractivity contribution >= 4 is 32.7 Å². The summed E-state index contributed by atoms with van der Waals surface area (Å²) in [6.07, 6.45) is 2.63. The van der Waals surface area contributed by atoms with Crippen LogP contribution in [-0.2, 0) is 14.8 Å². The highest BCUT2D eigenvalue weighted by Gasteiger charge is 2.28. The van der Waals surface area contributed by atoms with E-state index in [0.29, 0.717) is 16.6 Å². The molecule has 0 aliphatic carbocycles. The summed E-state index contributed by atoms with van der Waals surface area (Å²) in [5.74, 6) is 0. The van der Waals surface area contributed by atoms with E-state index in [1.54, 1.807) is 69.6 Å². The van der Waals surface area contributed by atoms with Crippen LogP contribution >= 0.6 is 0 Å². The Labute approximate surface area is 186 Å². The predicted molar refractivity (Wildman–Crippen MR) is 124 cm³/mol. The number of nitrogens with zero attached hydrogens (tertiary/aromatic N) is 2. The number of fused-ring (bicyclic) bond motifs is 1. The number of hydrogen-bond donors (Lipinski definition) is 1. The molecule has 0 amide bonds. The maximum Gasteiger partial charge on any atom is 0.420 e. The monoisotopic (exact) mass is 449 g/mol. The topological polar surface area (TPSA) is 90.3 Å². The Hall–Kier alpha value is -3.65. The van der Waals surface area contributed by atoms with Gasteiger partial charge in [0.15, 0.2) is 5.03 Å². The molecular weight excluding hydrogens is 426 g/mol. The van der Waals surface area contributed by atoms with E-state index in [0.717, 1.165) is 15.7 Å². The zero-order valence-corrected chi connectivity index (χ0v) is 18.8. The van der Waals surface area contributed by atoms with Gasteiger partial charge in [0.2, 0.25) is 0 Å². The number of hydrogen-bond acceptors (Lipinski definition) is 5. The lowest BCUT2D eigenvalue weighted by atomic mass is 10.1. The Kier molecular flexibility index (Phi) is 5.48. The van der Waals surface area contributed by atoms with Crippen molar-refractivity contribution in [1.29, 1.82) is 0 Å². The van der Waals surface area contributed by atoms with E-state index in [9.17, 15) is 13.2 Å². The molecule has 0 atom stereocenters. The number of sulfonamides is 1. The van der Waals surface area contributed by atoms with Crippen LogP contribution in [-0.4, -0.2) is 29.7 Å². The van der Waals surface area contributed by atoms with Crippen LogP contribution in [0.15, 0.2) is 84.1 Å². The third-order valence-corrected chi connectivity index (χ3v) is 6.03. The zero-order chi connectivity index (χ0) is 22.9. The third-order valence-electron chi connectivity index (χ3n) is 4.68. The molecule has 2 aromatic carbocycles. The SMILES string of the molecule is CC(C)(C)OC(=O)n1c(S(=O)(=O)Nc2ccc(-c3ccncc3)cc2)cc2ccccc21. The molecule has 32 heavy (non-hydrogen) atoms. The minimum absolute atomic E-state index is 0.189. The van der Waals surface area contributed by atoms with Crippen molar-refractivity contribution in [1.82, 2.24) is 9.55 Å². The molecule has 0 aliphatic rings. The highest BCUT2D eigenvalue weighted by molar-refractivity contribution is 7.92. The number of rotatable bonds is 4. The van der Waals surface area contributed by atoms with Crippen LogP contribution in [0.2, 0.25) is 0 Å². The van der Waals surface area contributed by atoms with Crippen LogP contribution in [0.3, 0.4) is 0 Å². The first kappa shape index (κ1) is 21.6. The molecule has 4 rings (SSSR count). The maximum absolute atomic E-state index is 13.3. The molecule has 8 heteroatoms. The Bertz CT molecular complexity index is 1370. The van der Waals surface area contributed by atoms with Crippen molar-refractivity contribution in [2.45, 2.75) is 31.4 Å². The van der Waals surface area contributed by atoms with Gasteiger partial charge in [-0.05, 0) is 68.3 Å². The van der Waals surface area contributed by atoms with Gasteiger partial charge in [0.05, 0.1) is 5.52 Å². The number of anilines is 1. The number of nitrogens with one attached hydrogen (secondary N) is 1. The molecule has 1 N–H and O–H groups in total. The zero-order valence-electron chi connectivity index (χ0n) is 17.9. The molecule has 0 spiro atoms. The molecule has 0 radical (unpaired) electrons. The number of benzene rings is 2. The van der Waals surface area contributed by atoms with Crippen LogP contribution < -0.4 is 4.72 Å². The predicted octanol–water partition coefficient (Wildman–Crippen LogP) is 5.29. The molecule has 164 valence electrons. The largest absolute Gasteiger partial charge is 0.443 e. The summed E-state index contributed by atoms with van der Waals surface area (Å²) in [7, 11) is -4.08. The van der Waals surface area contributed by atoms with E-state index in [1.165, 1.54) is 6.07 Å². The summed E-state index contributed by atoms with van der Waals surface area (Å²) in [6, 6.07) is 19.1. The van der Waals surface area contributed by atoms with Crippen LogP contribution in [0.4, 0.5) is 10.5 Å². The molecule has 4 aromatic rings. The number of ether oxygens (including phenoxy) is 1. The van der Waals surface area contributed by atoms with Crippen LogP contribution in [0.5, 0.6) is 0 Å². The lowest BCUT2D eigenvalue weighted by Gasteiger charge is -2.21. The second-order valence-electron chi connectivity index (χ2n) is 8.28. The van der Waals surface area contributed by atoms with E-state index < -0.39 is 21.7 Å². The van der Waals surface area contributed by atoms with Gasteiger partial charge in [0.25, 0.3) is 10.0 Å². The summed E-state index contributed by atoms with van der Waals surface area (Å²) in [5, 5.41) is 0.429. The fraction of sp³-hybridized carbons (Fsp3) is 0.167. The molecule has 0 fully saturated rings. The van der Waals surface area contributed by atoms with Gasteiger partial charge in [0, 0.05) is 23.5 Å². The van der Waals surface area contributed by atoms with Gasteiger partial charge in [-0.1, -0.05) is 30.3 Å². The summed E-state index contributed by atoms with van der Waals surface area (Å²) < 4.78 is 35.7. The average Bonchev–Trinajstić information content (AvgIpc) is 3.14. The summed E-state index contributed by atoms with van der Waals surface area (Å²) in [6.45, 7) is 5.19. The van der Waals surface area contributed by atoms with Crippen molar-refractivity contribution in [3.8, 4) is 11.1 Å². The van der Waals surface area contributed by atoms with E-state index in [-0.39, 0.29) is 5.03 Å². The molecular formula is C24H23N3O4S. The third kappa shape index (κ3) is 4.50. The standard InChI is InChI=1S/C24H23N3O4S/c1-24(2,3)31-23(28)27-21-7-5-4-6-19(21)16-22(27)32(29,30)26-20-10-8-17(9-11-20)18-12-14-25-15-13-18/h4-16,26H,1-3H3. The molecule has 0 saturated carbocycles. The molecule has 0 bridgehead atoms. The van der Waals surface area contributed by atoms with Gasteiger partial charge >= 0.3 is 6.09 Å². The molecule has 2 aromatic heterocycles. The normalized spacial score (nSPS) is 12.0. The summed E-state index contributed by atoms with van der Waals surface area (Å²) in [5.41, 5.74) is 1.95. The van der Waals surface area contributed by atoms with Gasteiger partial charge < -0.3 is 4.74 Å². The van der Waals surface area contributed by atoms with E-state index in [4.69, 9.17) is 4.74 Å². The molecule has 2 heterocycles. The molecule has 0 aliphatic heterocycles. The van der Waals surface area contributed by atoms with Crippen molar-refractivity contribution in [2.75, 3.05) is 4.72 Å². The van der Waals surface area contributed by atoms with Gasteiger partial charge in [0.1, 0.15) is 5.60 Å².